The van der Waals surface area contributed by atoms with Crippen molar-refractivity contribution in [1.29, 1.82) is 0 Å². The number of aliphatic hydroxyl groups is 1. The minimum atomic E-state index is -2.55. The lowest BCUT2D eigenvalue weighted by Crippen LogP contribution is -2.39. The Bertz CT molecular complexity index is 817. The molecule has 2 rings (SSSR count). The molecule has 20 heavy (non-hydrogen) atoms. The third-order valence-electron chi connectivity index (χ3n) is 3.29. The van der Waals surface area contributed by atoms with Crippen molar-refractivity contribution in [3.8, 4) is 0 Å². The lowest BCUT2D eigenvalue weighted by atomic mass is 10.2. The van der Waals surface area contributed by atoms with E-state index in [1.807, 2.05) is 0 Å². The molecule has 1 N–H and O–H groups in total. The van der Waals surface area contributed by atoms with Gasteiger partial charge in [-0.05, 0) is 26.2 Å². The fourth-order valence-corrected chi connectivity index (χ4v) is 2.18. The Morgan fingerprint density at radius 1 is 1.45 bits per heavy atom. The van der Waals surface area contributed by atoms with E-state index in [0.717, 1.165) is 15.5 Å². The van der Waals surface area contributed by atoms with Gasteiger partial charge < -0.3 is 9.67 Å². The van der Waals surface area contributed by atoms with Gasteiger partial charge in [-0.2, -0.15) is 0 Å². The predicted octanol–water partition coefficient (Wildman–Crippen LogP) is -0.0152. The molecule has 2 heterocycles. The monoisotopic (exact) mass is 283 g/mol. The zero-order chi connectivity index (χ0) is 17.4. The van der Waals surface area contributed by atoms with E-state index in [-0.39, 0.29) is 17.7 Å². The van der Waals surface area contributed by atoms with Gasteiger partial charge in [0.2, 0.25) is 0 Å². The van der Waals surface area contributed by atoms with Gasteiger partial charge >= 0.3 is 5.69 Å². The van der Waals surface area contributed by atoms with Gasteiger partial charge in [-0.25, -0.2) is 9.78 Å². The summed E-state index contributed by atoms with van der Waals surface area (Å²) in [7, 11) is 1.45. The first-order valence-corrected chi connectivity index (χ1v) is 6.50. The summed E-state index contributed by atoms with van der Waals surface area (Å²) in [6, 6.07) is 0. The van der Waals surface area contributed by atoms with Crippen LogP contribution in [0.3, 0.4) is 0 Å². The Balaban J connectivity index is 2.49. The Morgan fingerprint density at radius 3 is 2.85 bits per heavy atom. The first kappa shape index (κ1) is 10.8. The zero-order valence-electron chi connectivity index (χ0n) is 14.5. The molecular formula is C13H20N4O3. The van der Waals surface area contributed by atoms with Gasteiger partial charge in [0.05, 0.1) is 12.4 Å². The molecule has 0 amide bonds. The zero-order valence-corrected chi connectivity index (χ0v) is 11.5. The molecule has 0 saturated carbocycles. The second-order valence-corrected chi connectivity index (χ2v) is 4.93. The highest BCUT2D eigenvalue weighted by atomic mass is 16.3. The number of imidazole rings is 1. The molecule has 2 aromatic rings. The molecule has 7 heteroatoms. The number of rotatable bonds is 5. The molecular weight excluding hydrogens is 260 g/mol. The topological polar surface area (TPSA) is 82.1 Å². The number of nitrogens with zero attached hydrogens (tertiary/aromatic N) is 4. The van der Waals surface area contributed by atoms with Crippen LogP contribution < -0.4 is 11.2 Å². The van der Waals surface area contributed by atoms with Crippen molar-refractivity contribution >= 4 is 11.2 Å². The number of aryl methyl sites for hydroxylation is 2. The van der Waals surface area contributed by atoms with E-state index in [4.69, 9.17) is 4.11 Å². The minimum absolute atomic E-state index is 0.0522. The van der Waals surface area contributed by atoms with Crippen LogP contribution in [-0.2, 0) is 20.6 Å². The molecule has 1 unspecified atom stereocenters. The van der Waals surface area contributed by atoms with Gasteiger partial charge in [0.25, 0.3) is 5.56 Å². The van der Waals surface area contributed by atoms with Gasteiger partial charge in [-0.3, -0.25) is 13.9 Å². The Labute approximate surface area is 120 Å². The van der Waals surface area contributed by atoms with Crippen LogP contribution in [0.4, 0.5) is 0 Å². The molecule has 2 aromatic heterocycles. The molecule has 110 valence electrons. The van der Waals surface area contributed by atoms with Crippen LogP contribution >= 0.6 is 0 Å². The highest BCUT2D eigenvalue weighted by molar-refractivity contribution is 5.69. The van der Waals surface area contributed by atoms with E-state index in [1.165, 1.54) is 11.6 Å². The third kappa shape index (κ3) is 2.53. The van der Waals surface area contributed by atoms with Gasteiger partial charge in [-0.1, -0.05) is 0 Å². The van der Waals surface area contributed by atoms with Crippen molar-refractivity contribution in [2.45, 2.75) is 38.8 Å². The van der Waals surface area contributed by atoms with Gasteiger partial charge in [-0.15, -0.1) is 0 Å². The predicted molar refractivity (Wildman–Crippen MR) is 75.7 cm³/mol. The van der Waals surface area contributed by atoms with Gasteiger partial charge in [0.15, 0.2) is 11.2 Å². The molecule has 0 aliphatic rings. The van der Waals surface area contributed by atoms with Crippen LogP contribution in [0.1, 0.15) is 30.3 Å². The maximum absolute atomic E-state index is 12.5. The van der Waals surface area contributed by atoms with Crippen LogP contribution in [0, 0.1) is 0 Å². The molecule has 0 aliphatic carbocycles. The molecule has 0 spiro atoms. The van der Waals surface area contributed by atoms with E-state index >= 15 is 0 Å². The number of hydrogen-bond acceptors (Lipinski definition) is 4. The second-order valence-electron chi connectivity index (χ2n) is 4.93. The third-order valence-corrected chi connectivity index (χ3v) is 3.29. The molecule has 7 nitrogen and oxygen atoms in total. The summed E-state index contributed by atoms with van der Waals surface area (Å²) in [5.41, 5.74) is -1.25. The Morgan fingerprint density at radius 2 is 2.20 bits per heavy atom. The van der Waals surface area contributed by atoms with Crippen LogP contribution in [0.2, 0.25) is 0 Å². The van der Waals surface area contributed by atoms with Gasteiger partial charge in [0, 0.05) is 24.7 Å². The maximum Gasteiger partial charge on any atom is 0.332 e. The summed E-state index contributed by atoms with van der Waals surface area (Å²) < 4.78 is 25.4. The SMILES string of the molecule is [2H]C([2H])([2H])n1cnc2c1c(=O)n(CCCCC(C)O)c(=O)n2C. The highest BCUT2D eigenvalue weighted by Gasteiger charge is 2.14. The van der Waals surface area contributed by atoms with Crippen LogP contribution in [0.5, 0.6) is 0 Å². The first-order chi connectivity index (χ1) is 10.6. The molecule has 0 bridgehead atoms. The normalized spacial score (nSPS) is 15.8. The van der Waals surface area contributed by atoms with Gasteiger partial charge in [0.1, 0.15) is 0 Å². The molecule has 0 fully saturated rings. The largest absolute Gasteiger partial charge is 0.393 e. The highest BCUT2D eigenvalue weighted by Crippen LogP contribution is 2.04. The van der Waals surface area contributed by atoms with E-state index < -0.39 is 24.3 Å². The van der Waals surface area contributed by atoms with Crippen LogP contribution in [0.25, 0.3) is 11.2 Å². The smallest absolute Gasteiger partial charge is 0.332 e. The fourth-order valence-electron chi connectivity index (χ4n) is 2.18. The molecule has 1 atom stereocenters. The average molecular weight is 283 g/mol. The van der Waals surface area contributed by atoms with E-state index in [9.17, 15) is 14.7 Å². The summed E-state index contributed by atoms with van der Waals surface area (Å²) in [6.07, 6.45) is 2.38. The van der Waals surface area contributed by atoms with Crippen molar-refractivity contribution < 1.29 is 9.22 Å². The Kier molecular flexibility index (Phi) is 3.05. The van der Waals surface area contributed by atoms with E-state index in [2.05, 4.69) is 4.98 Å². The van der Waals surface area contributed by atoms with Crippen LogP contribution in [-0.4, -0.2) is 29.9 Å². The van der Waals surface area contributed by atoms with Crippen molar-refractivity contribution in [3.63, 3.8) is 0 Å². The van der Waals surface area contributed by atoms with E-state index in [1.54, 1.807) is 6.92 Å². The van der Waals surface area contributed by atoms with Crippen molar-refractivity contribution in [1.82, 2.24) is 18.7 Å². The molecule has 0 radical (unpaired) electrons. The van der Waals surface area contributed by atoms with Crippen LogP contribution in [0.15, 0.2) is 15.9 Å². The molecule has 0 aliphatic heterocycles. The van der Waals surface area contributed by atoms with Crippen molar-refractivity contribution in [2.24, 2.45) is 14.0 Å². The fraction of sp³-hybridized carbons (Fsp3) is 0.615. The van der Waals surface area contributed by atoms with E-state index in [0.29, 0.717) is 19.3 Å². The quantitative estimate of drug-likeness (QED) is 0.782. The van der Waals surface area contributed by atoms with Crippen molar-refractivity contribution in [2.75, 3.05) is 0 Å². The summed E-state index contributed by atoms with van der Waals surface area (Å²) in [6.45, 7) is -0.706. The Hall–Kier alpha value is -1.89. The second kappa shape index (κ2) is 5.62. The number of hydrogen-bond donors (Lipinski definition) is 1. The number of aromatic nitrogens is 4. The summed E-state index contributed by atoms with van der Waals surface area (Å²) in [4.78, 5) is 28.7. The maximum atomic E-state index is 12.5. The number of fused-ring (bicyclic) bond motifs is 1. The summed E-state index contributed by atoms with van der Waals surface area (Å²) >= 11 is 0. The summed E-state index contributed by atoms with van der Waals surface area (Å²) in [5, 5.41) is 9.23. The minimum Gasteiger partial charge on any atom is -0.393 e. The lowest BCUT2D eigenvalue weighted by Gasteiger charge is -2.09. The van der Waals surface area contributed by atoms with Crippen molar-refractivity contribution in [3.05, 3.63) is 27.2 Å². The summed E-state index contributed by atoms with van der Waals surface area (Å²) in [5.74, 6) is 0. The average Bonchev–Trinajstić information content (AvgIpc) is 2.89. The standard InChI is InChI=1S/C13H20N4O3/c1-9(18)6-4-5-7-17-12(19)10-11(14-8-15(10)2)16(3)13(17)20/h8-9,18H,4-7H2,1-3H3/i2D3. The first-order valence-electron chi connectivity index (χ1n) is 8.00. The number of unbranched alkanes of at least 4 members (excludes halogenated alkanes) is 1. The lowest BCUT2D eigenvalue weighted by molar-refractivity contribution is 0.180. The molecule has 0 aromatic carbocycles. The number of aliphatic hydroxyl groups excluding tert-OH is 1. The molecule has 0 saturated heterocycles.